The van der Waals surface area contributed by atoms with Gasteiger partial charge in [0.25, 0.3) is 11.8 Å². The number of nitrogens with one attached hydrogen (secondary N) is 2. The van der Waals surface area contributed by atoms with Crippen LogP contribution in [-0.2, 0) is 4.79 Å². The van der Waals surface area contributed by atoms with E-state index in [0.717, 1.165) is 12.8 Å². The molecule has 9 heteroatoms. The van der Waals surface area contributed by atoms with Crippen LogP contribution in [0.4, 0.5) is 0 Å². The number of fused-ring (bicyclic) bond motifs is 1. The van der Waals surface area contributed by atoms with Crippen molar-refractivity contribution < 1.29 is 18.7 Å². The number of benzene rings is 2. The van der Waals surface area contributed by atoms with E-state index in [2.05, 4.69) is 22.8 Å². The molecule has 0 bridgehead atoms. The van der Waals surface area contributed by atoms with Crippen LogP contribution in [0.2, 0.25) is 5.02 Å². The van der Waals surface area contributed by atoms with Crippen LogP contribution in [0.15, 0.2) is 63.0 Å². The molecule has 0 atom stereocenters. The van der Waals surface area contributed by atoms with Crippen LogP contribution in [0.5, 0.6) is 5.75 Å². The SMILES string of the molecule is CCCCOc1ccc(C(=O)NCC(=O)NN=Cc2coc3ccc(Cl)cc3c2=O)cc1. The molecule has 2 aromatic carbocycles. The second-order valence-electron chi connectivity index (χ2n) is 6.86. The van der Waals surface area contributed by atoms with Gasteiger partial charge >= 0.3 is 0 Å². The van der Waals surface area contributed by atoms with Crippen molar-refractivity contribution in [3.63, 3.8) is 0 Å². The molecule has 0 unspecified atom stereocenters. The number of halogens is 1. The van der Waals surface area contributed by atoms with Gasteiger partial charge in [-0.15, -0.1) is 0 Å². The number of carbonyl (C=O) groups excluding carboxylic acids is 2. The summed E-state index contributed by atoms with van der Waals surface area (Å²) in [5, 5.41) is 6.96. The van der Waals surface area contributed by atoms with Crippen molar-refractivity contribution in [3.05, 3.63) is 75.1 Å². The van der Waals surface area contributed by atoms with Gasteiger partial charge in [0.05, 0.1) is 30.3 Å². The van der Waals surface area contributed by atoms with Crippen molar-refractivity contribution in [1.29, 1.82) is 0 Å². The molecule has 0 aliphatic rings. The van der Waals surface area contributed by atoms with Gasteiger partial charge in [-0.25, -0.2) is 5.43 Å². The summed E-state index contributed by atoms with van der Waals surface area (Å²) >= 11 is 5.91. The first-order chi connectivity index (χ1) is 15.5. The van der Waals surface area contributed by atoms with Crippen LogP contribution < -0.4 is 20.9 Å². The molecule has 0 spiro atoms. The van der Waals surface area contributed by atoms with E-state index in [0.29, 0.717) is 33.9 Å². The first-order valence-corrected chi connectivity index (χ1v) is 10.4. The molecule has 8 nitrogen and oxygen atoms in total. The zero-order chi connectivity index (χ0) is 22.9. The summed E-state index contributed by atoms with van der Waals surface area (Å²) in [6.07, 6.45) is 4.41. The monoisotopic (exact) mass is 455 g/mol. The molecule has 3 aromatic rings. The molecule has 0 saturated heterocycles. The number of rotatable bonds is 9. The third-order valence-corrected chi connectivity index (χ3v) is 4.68. The number of hydrogen-bond donors (Lipinski definition) is 2. The lowest BCUT2D eigenvalue weighted by Crippen LogP contribution is -2.35. The molecule has 0 aliphatic heterocycles. The van der Waals surface area contributed by atoms with E-state index in [1.165, 1.54) is 18.5 Å². The highest BCUT2D eigenvalue weighted by Crippen LogP contribution is 2.16. The minimum absolute atomic E-state index is 0.144. The number of carbonyl (C=O) groups is 2. The fourth-order valence-electron chi connectivity index (χ4n) is 2.72. The predicted octanol–water partition coefficient (Wildman–Crippen LogP) is 3.51. The van der Waals surface area contributed by atoms with E-state index < -0.39 is 11.8 Å². The fourth-order valence-corrected chi connectivity index (χ4v) is 2.89. The zero-order valence-electron chi connectivity index (χ0n) is 17.4. The standard InChI is InChI=1S/C23H22ClN3O5/c1-2-3-10-31-18-7-4-15(5-8-18)23(30)25-13-21(28)27-26-12-16-14-32-20-9-6-17(24)11-19(20)22(16)29/h4-9,11-12,14H,2-3,10,13H2,1H3,(H,25,30)(H,27,28). The normalized spacial score (nSPS) is 10.9. The molecule has 1 aromatic heterocycles. The van der Waals surface area contributed by atoms with E-state index in [4.69, 9.17) is 20.8 Å². The highest BCUT2D eigenvalue weighted by molar-refractivity contribution is 6.31. The van der Waals surface area contributed by atoms with Gasteiger partial charge in [-0.2, -0.15) is 5.10 Å². The Balaban J connectivity index is 1.50. The van der Waals surface area contributed by atoms with Gasteiger partial charge in [0.2, 0.25) is 5.43 Å². The van der Waals surface area contributed by atoms with Crippen LogP contribution in [0.25, 0.3) is 11.0 Å². The van der Waals surface area contributed by atoms with E-state index in [-0.39, 0.29) is 17.5 Å². The number of amides is 2. The Kier molecular flexibility index (Phi) is 7.99. The van der Waals surface area contributed by atoms with Crippen molar-refractivity contribution in [3.8, 4) is 5.75 Å². The summed E-state index contributed by atoms with van der Waals surface area (Å²) in [5.74, 6) is -0.277. The molecule has 166 valence electrons. The summed E-state index contributed by atoms with van der Waals surface area (Å²) in [6, 6.07) is 11.4. The molecule has 32 heavy (non-hydrogen) atoms. The third-order valence-electron chi connectivity index (χ3n) is 4.45. The van der Waals surface area contributed by atoms with Gasteiger partial charge < -0.3 is 14.5 Å². The van der Waals surface area contributed by atoms with E-state index in [1.54, 1.807) is 36.4 Å². The van der Waals surface area contributed by atoms with Gasteiger partial charge in [-0.3, -0.25) is 14.4 Å². The van der Waals surface area contributed by atoms with Gasteiger partial charge in [0.15, 0.2) is 0 Å². The van der Waals surface area contributed by atoms with E-state index >= 15 is 0 Å². The largest absolute Gasteiger partial charge is 0.494 e. The highest BCUT2D eigenvalue weighted by atomic mass is 35.5. The second kappa shape index (κ2) is 11.1. The van der Waals surface area contributed by atoms with Gasteiger partial charge in [-0.1, -0.05) is 24.9 Å². The molecule has 0 aliphatic carbocycles. The molecule has 0 radical (unpaired) electrons. The minimum atomic E-state index is -0.553. The molecule has 2 N–H and O–H groups in total. The summed E-state index contributed by atoms with van der Waals surface area (Å²) in [6.45, 7) is 2.42. The summed E-state index contributed by atoms with van der Waals surface area (Å²) < 4.78 is 10.9. The van der Waals surface area contributed by atoms with Crippen LogP contribution in [0, 0.1) is 0 Å². The molecule has 3 rings (SSSR count). The summed E-state index contributed by atoms with van der Waals surface area (Å²) in [5.41, 5.74) is 2.86. The highest BCUT2D eigenvalue weighted by Gasteiger charge is 2.09. The van der Waals surface area contributed by atoms with Crippen molar-refractivity contribution in [2.24, 2.45) is 5.10 Å². The molecule has 0 saturated carbocycles. The molecular formula is C23H22ClN3O5. The van der Waals surface area contributed by atoms with Crippen LogP contribution in [0.1, 0.15) is 35.7 Å². The smallest absolute Gasteiger partial charge is 0.259 e. The molecule has 2 amide bonds. The Morgan fingerprint density at radius 3 is 2.72 bits per heavy atom. The van der Waals surface area contributed by atoms with E-state index in [9.17, 15) is 14.4 Å². The van der Waals surface area contributed by atoms with E-state index in [1.807, 2.05) is 0 Å². The number of hydrogen-bond acceptors (Lipinski definition) is 6. The summed E-state index contributed by atoms with van der Waals surface area (Å²) in [4.78, 5) is 36.5. The first-order valence-electron chi connectivity index (χ1n) is 10.0. The zero-order valence-corrected chi connectivity index (χ0v) is 18.1. The second-order valence-corrected chi connectivity index (χ2v) is 7.30. The lowest BCUT2D eigenvalue weighted by atomic mass is 10.2. The summed E-state index contributed by atoms with van der Waals surface area (Å²) in [7, 11) is 0. The van der Waals surface area contributed by atoms with Gasteiger partial charge in [-0.05, 0) is 48.9 Å². The lowest BCUT2D eigenvalue weighted by Gasteiger charge is -2.07. The van der Waals surface area contributed by atoms with Gasteiger partial charge in [0, 0.05) is 10.6 Å². The van der Waals surface area contributed by atoms with Crippen molar-refractivity contribution in [2.45, 2.75) is 19.8 Å². The number of hydrazone groups is 1. The maximum absolute atomic E-state index is 12.4. The third kappa shape index (κ3) is 6.18. The van der Waals surface area contributed by atoms with Crippen LogP contribution in [0.3, 0.4) is 0 Å². The van der Waals surface area contributed by atoms with Crippen molar-refractivity contribution in [2.75, 3.05) is 13.2 Å². The van der Waals surface area contributed by atoms with Crippen molar-refractivity contribution in [1.82, 2.24) is 10.7 Å². The number of unbranched alkanes of at least 4 members (excludes halogenated alkanes) is 1. The van der Waals surface area contributed by atoms with Crippen LogP contribution >= 0.6 is 11.6 Å². The fraction of sp³-hybridized carbons (Fsp3) is 0.217. The quantitative estimate of drug-likeness (QED) is 0.291. The van der Waals surface area contributed by atoms with Crippen LogP contribution in [-0.4, -0.2) is 31.2 Å². The maximum atomic E-state index is 12.4. The van der Waals surface area contributed by atoms with Crippen molar-refractivity contribution >= 4 is 40.6 Å². The first kappa shape index (κ1) is 23.0. The maximum Gasteiger partial charge on any atom is 0.259 e. The average molecular weight is 456 g/mol. The Labute approximate surface area is 189 Å². The topological polar surface area (TPSA) is 110 Å². The predicted molar refractivity (Wildman–Crippen MR) is 122 cm³/mol. The number of nitrogens with zero attached hydrogens (tertiary/aromatic N) is 1. The average Bonchev–Trinajstić information content (AvgIpc) is 2.80. The Morgan fingerprint density at radius 2 is 1.97 bits per heavy atom. The number of ether oxygens (including phenoxy) is 1. The molecular weight excluding hydrogens is 434 g/mol. The minimum Gasteiger partial charge on any atom is -0.494 e. The Morgan fingerprint density at radius 1 is 1.19 bits per heavy atom. The Hall–Kier alpha value is -3.65. The van der Waals surface area contributed by atoms with Gasteiger partial charge in [0.1, 0.15) is 17.6 Å². The Bertz CT molecular complexity index is 1190. The lowest BCUT2D eigenvalue weighted by molar-refractivity contribution is -0.120. The molecule has 0 fully saturated rings. The molecule has 1 heterocycles.